The van der Waals surface area contributed by atoms with E-state index in [-0.39, 0.29) is 0 Å². The fourth-order valence-electron chi connectivity index (χ4n) is 3.12. The summed E-state index contributed by atoms with van der Waals surface area (Å²) in [6.45, 7) is 3.07. The quantitative estimate of drug-likeness (QED) is 0.872. The second kappa shape index (κ2) is 5.56. The molecule has 2 aromatic rings. The highest BCUT2D eigenvalue weighted by Gasteiger charge is 2.22. The van der Waals surface area contributed by atoms with Crippen LogP contribution in [-0.4, -0.2) is 6.04 Å². The van der Waals surface area contributed by atoms with Gasteiger partial charge in [0.05, 0.1) is 0 Å². The average molecular weight is 278 g/mol. The summed E-state index contributed by atoms with van der Waals surface area (Å²) in [5, 5.41) is 5.26. The molecule has 0 amide bonds. The maximum atomic E-state index is 6.20. The minimum absolute atomic E-state index is 0.521. The lowest BCUT2D eigenvalue weighted by Gasteiger charge is -2.20. The van der Waals surface area contributed by atoms with Crippen LogP contribution < -0.4 is 5.32 Å². The second-order valence-corrected chi connectivity index (χ2v) is 5.91. The van der Waals surface area contributed by atoms with Gasteiger partial charge in [-0.15, -0.1) is 0 Å². The summed E-state index contributed by atoms with van der Waals surface area (Å²) in [6.07, 6.45) is 5.47. The number of nitrogens with one attached hydrogen (secondary N) is 1. The molecule has 19 heavy (non-hydrogen) atoms. The Balaban J connectivity index is 1.72. The Bertz CT molecular complexity index is 557. The van der Waals surface area contributed by atoms with Gasteiger partial charge in [-0.3, -0.25) is 0 Å². The molecule has 1 aromatic carbocycles. The molecule has 1 fully saturated rings. The highest BCUT2D eigenvalue weighted by molar-refractivity contribution is 6.30. The van der Waals surface area contributed by atoms with Gasteiger partial charge in [-0.2, -0.15) is 0 Å². The van der Waals surface area contributed by atoms with Crippen LogP contribution in [0.4, 0.5) is 0 Å². The van der Waals surface area contributed by atoms with E-state index >= 15 is 0 Å². The lowest BCUT2D eigenvalue weighted by Crippen LogP contribution is -2.31. The van der Waals surface area contributed by atoms with Crippen LogP contribution in [0.3, 0.4) is 0 Å². The van der Waals surface area contributed by atoms with Gasteiger partial charge in [-0.1, -0.05) is 31.0 Å². The summed E-state index contributed by atoms with van der Waals surface area (Å²) < 4.78 is 5.58. The lowest BCUT2D eigenvalue weighted by molar-refractivity contribution is 0.380. The van der Waals surface area contributed by atoms with Crippen LogP contribution in [-0.2, 0) is 6.54 Å². The number of rotatable bonds is 4. The van der Waals surface area contributed by atoms with Gasteiger partial charge in [0.15, 0.2) is 5.22 Å². The number of fused-ring (bicyclic) bond motifs is 1. The summed E-state index contributed by atoms with van der Waals surface area (Å²) >= 11 is 6.20. The molecule has 3 heteroatoms. The summed E-state index contributed by atoms with van der Waals surface area (Å²) in [5.74, 6) is 0.817. The van der Waals surface area contributed by atoms with Crippen molar-refractivity contribution in [1.82, 2.24) is 5.32 Å². The van der Waals surface area contributed by atoms with E-state index in [4.69, 9.17) is 16.0 Å². The number of para-hydroxylation sites is 1. The van der Waals surface area contributed by atoms with Gasteiger partial charge in [0.25, 0.3) is 0 Å². The van der Waals surface area contributed by atoms with Gasteiger partial charge in [0.2, 0.25) is 0 Å². The zero-order valence-electron chi connectivity index (χ0n) is 11.3. The molecule has 1 N–H and O–H groups in total. The van der Waals surface area contributed by atoms with Crippen LogP contribution in [0.1, 0.15) is 38.2 Å². The maximum Gasteiger partial charge on any atom is 0.199 e. The van der Waals surface area contributed by atoms with Gasteiger partial charge in [-0.25, -0.2) is 0 Å². The van der Waals surface area contributed by atoms with E-state index in [1.807, 2.05) is 18.2 Å². The Labute approximate surface area is 119 Å². The first-order valence-electron chi connectivity index (χ1n) is 7.15. The lowest BCUT2D eigenvalue weighted by atomic mass is 9.99. The van der Waals surface area contributed by atoms with E-state index in [0.717, 1.165) is 29.0 Å². The summed E-state index contributed by atoms with van der Waals surface area (Å²) in [7, 11) is 0. The number of hydrogen-bond acceptors (Lipinski definition) is 2. The number of hydrogen-bond donors (Lipinski definition) is 1. The Morgan fingerprint density at radius 1 is 1.32 bits per heavy atom. The maximum absolute atomic E-state index is 6.20. The molecule has 102 valence electrons. The third-order valence-corrected chi connectivity index (χ3v) is 4.66. The Morgan fingerprint density at radius 3 is 2.84 bits per heavy atom. The van der Waals surface area contributed by atoms with E-state index in [1.54, 1.807) is 0 Å². The topological polar surface area (TPSA) is 25.2 Å². The van der Waals surface area contributed by atoms with Crippen molar-refractivity contribution < 1.29 is 4.42 Å². The molecule has 2 nitrogen and oxygen atoms in total. The molecule has 1 aliphatic carbocycles. The number of benzene rings is 1. The zero-order valence-corrected chi connectivity index (χ0v) is 12.0. The second-order valence-electron chi connectivity index (χ2n) is 5.56. The predicted octanol–water partition coefficient (Wildman–Crippen LogP) is 4.75. The minimum Gasteiger partial charge on any atom is -0.444 e. The number of furan rings is 1. The molecule has 0 spiro atoms. The Morgan fingerprint density at radius 2 is 2.05 bits per heavy atom. The molecule has 3 rings (SSSR count). The average Bonchev–Trinajstić information content (AvgIpc) is 3.03. The van der Waals surface area contributed by atoms with Crippen molar-refractivity contribution in [3.8, 4) is 0 Å². The van der Waals surface area contributed by atoms with Crippen molar-refractivity contribution in [3.63, 3.8) is 0 Å². The zero-order chi connectivity index (χ0) is 13.2. The molecule has 1 saturated carbocycles. The van der Waals surface area contributed by atoms with E-state index in [9.17, 15) is 0 Å². The van der Waals surface area contributed by atoms with E-state index < -0.39 is 0 Å². The van der Waals surface area contributed by atoms with Gasteiger partial charge in [0, 0.05) is 23.5 Å². The van der Waals surface area contributed by atoms with Gasteiger partial charge in [0.1, 0.15) is 5.58 Å². The number of halogens is 1. The van der Waals surface area contributed by atoms with Crippen molar-refractivity contribution in [2.75, 3.05) is 0 Å². The molecule has 1 aliphatic rings. The predicted molar refractivity (Wildman–Crippen MR) is 79.5 cm³/mol. The third kappa shape index (κ3) is 2.65. The summed E-state index contributed by atoms with van der Waals surface area (Å²) in [6, 6.07) is 8.58. The Kier molecular flexibility index (Phi) is 3.81. The van der Waals surface area contributed by atoms with Gasteiger partial charge >= 0.3 is 0 Å². The Hall–Kier alpha value is -0.990. The highest BCUT2D eigenvalue weighted by Crippen LogP contribution is 2.31. The van der Waals surface area contributed by atoms with Gasteiger partial charge < -0.3 is 9.73 Å². The molecular weight excluding hydrogens is 258 g/mol. The van der Waals surface area contributed by atoms with Crippen molar-refractivity contribution in [1.29, 1.82) is 0 Å². The largest absolute Gasteiger partial charge is 0.444 e. The monoisotopic (exact) mass is 277 g/mol. The smallest absolute Gasteiger partial charge is 0.199 e. The van der Waals surface area contributed by atoms with Gasteiger partial charge in [-0.05, 0) is 43.4 Å². The highest BCUT2D eigenvalue weighted by atomic mass is 35.5. The molecular formula is C16H20ClNO. The van der Waals surface area contributed by atoms with Crippen molar-refractivity contribution in [3.05, 3.63) is 35.0 Å². The summed E-state index contributed by atoms with van der Waals surface area (Å²) in [4.78, 5) is 0. The normalized spacial score (nSPS) is 18.2. The SMILES string of the molecule is C[C@H](NCc1c(Cl)oc2ccccc12)C1CCCC1. The molecule has 0 bridgehead atoms. The van der Waals surface area contributed by atoms with Crippen LogP contribution in [0.15, 0.2) is 28.7 Å². The molecule has 1 atom stereocenters. The fraction of sp³-hybridized carbons (Fsp3) is 0.500. The van der Waals surface area contributed by atoms with Crippen LogP contribution in [0, 0.1) is 5.92 Å². The molecule has 0 radical (unpaired) electrons. The summed E-state index contributed by atoms with van der Waals surface area (Å²) in [5.41, 5.74) is 1.96. The van der Waals surface area contributed by atoms with E-state index in [2.05, 4.69) is 18.3 Å². The first-order valence-corrected chi connectivity index (χ1v) is 7.53. The molecule has 1 heterocycles. The van der Waals surface area contributed by atoms with E-state index in [0.29, 0.717) is 11.3 Å². The van der Waals surface area contributed by atoms with E-state index in [1.165, 1.54) is 25.7 Å². The molecule has 1 aromatic heterocycles. The van der Waals surface area contributed by atoms with Crippen LogP contribution in [0.2, 0.25) is 5.22 Å². The first kappa shape index (κ1) is 13.0. The first-order chi connectivity index (χ1) is 9.25. The van der Waals surface area contributed by atoms with Crippen molar-refractivity contribution >= 4 is 22.6 Å². The van der Waals surface area contributed by atoms with Crippen LogP contribution in [0.5, 0.6) is 0 Å². The molecule has 0 unspecified atom stereocenters. The standard InChI is InChI=1S/C16H20ClNO/c1-11(12-6-2-3-7-12)18-10-14-13-8-4-5-9-15(13)19-16(14)17/h4-5,8-9,11-12,18H,2-3,6-7,10H2,1H3/t11-/m0/s1. The fourth-order valence-corrected chi connectivity index (χ4v) is 3.37. The molecule has 0 saturated heterocycles. The van der Waals surface area contributed by atoms with Crippen LogP contribution >= 0.6 is 11.6 Å². The van der Waals surface area contributed by atoms with Crippen LogP contribution in [0.25, 0.3) is 11.0 Å². The van der Waals surface area contributed by atoms with Crippen molar-refractivity contribution in [2.24, 2.45) is 5.92 Å². The van der Waals surface area contributed by atoms with Crippen molar-refractivity contribution in [2.45, 2.75) is 45.2 Å². The molecule has 0 aliphatic heterocycles. The third-order valence-electron chi connectivity index (χ3n) is 4.36. The minimum atomic E-state index is 0.521.